The van der Waals surface area contributed by atoms with Crippen molar-refractivity contribution in [1.82, 2.24) is 0 Å². The van der Waals surface area contributed by atoms with Crippen molar-refractivity contribution in [3.8, 4) is 0 Å². The van der Waals surface area contributed by atoms with Crippen LogP contribution in [0, 0.1) is 0 Å². The summed E-state index contributed by atoms with van der Waals surface area (Å²) in [6, 6.07) is 0. The molecule has 0 spiro atoms. The second kappa shape index (κ2) is 8.64. The van der Waals surface area contributed by atoms with Crippen LogP contribution in [0.25, 0.3) is 0 Å². The summed E-state index contributed by atoms with van der Waals surface area (Å²) in [5.41, 5.74) is 0. The Morgan fingerprint density at radius 2 is 1.69 bits per heavy atom. The van der Waals surface area contributed by atoms with Gasteiger partial charge in [0, 0.05) is 18.6 Å². The van der Waals surface area contributed by atoms with Crippen LogP contribution in [-0.2, 0) is 23.9 Å². The first-order valence-electron chi connectivity index (χ1n) is 5.19. The fraction of sp³-hybridized carbons (Fsp3) is 0.545. The first-order chi connectivity index (χ1) is 7.60. The number of carbonyl (C=O) groups is 3. The summed E-state index contributed by atoms with van der Waals surface area (Å²) in [6.07, 6.45) is 3.63. The van der Waals surface area contributed by atoms with Gasteiger partial charge in [0.1, 0.15) is 0 Å². The Labute approximate surface area is 94.4 Å². The summed E-state index contributed by atoms with van der Waals surface area (Å²) in [5, 5.41) is 0. The van der Waals surface area contributed by atoms with Crippen LogP contribution in [0.2, 0.25) is 0 Å². The predicted molar refractivity (Wildman–Crippen MR) is 56.4 cm³/mol. The monoisotopic (exact) mass is 228 g/mol. The van der Waals surface area contributed by atoms with E-state index in [0.717, 1.165) is 25.0 Å². The normalized spacial score (nSPS) is 10.1. The lowest BCUT2D eigenvalue weighted by Crippen LogP contribution is -2.09. The highest BCUT2D eigenvalue weighted by molar-refractivity contribution is 5.96. The van der Waals surface area contributed by atoms with Crippen molar-refractivity contribution in [3.63, 3.8) is 0 Å². The van der Waals surface area contributed by atoms with Crippen LogP contribution >= 0.6 is 0 Å². The minimum absolute atomic E-state index is 0.112. The van der Waals surface area contributed by atoms with Gasteiger partial charge in [-0.2, -0.15) is 0 Å². The summed E-state index contributed by atoms with van der Waals surface area (Å²) in [5.74, 6) is -2.11. The van der Waals surface area contributed by atoms with E-state index >= 15 is 0 Å². The molecule has 0 aliphatic rings. The Hall–Kier alpha value is -1.65. The molecule has 0 bridgehead atoms. The lowest BCUT2D eigenvalue weighted by Gasteiger charge is -1.99. The fourth-order valence-corrected chi connectivity index (χ4v) is 0.720. The van der Waals surface area contributed by atoms with Crippen molar-refractivity contribution >= 4 is 17.9 Å². The van der Waals surface area contributed by atoms with E-state index in [-0.39, 0.29) is 6.42 Å². The maximum Gasteiger partial charge on any atom is 0.338 e. The molecule has 0 aromatic rings. The molecule has 0 N–H and O–H groups in total. The zero-order chi connectivity index (χ0) is 12.4. The third-order valence-electron chi connectivity index (χ3n) is 1.60. The Balaban J connectivity index is 3.84. The van der Waals surface area contributed by atoms with Crippen molar-refractivity contribution in [1.29, 1.82) is 0 Å². The van der Waals surface area contributed by atoms with E-state index in [1.165, 1.54) is 0 Å². The van der Waals surface area contributed by atoms with Gasteiger partial charge in [0.15, 0.2) is 0 Å². The van der Waals surface area contributed by atoms with Gasteiger partial charge in [-0.1, -0.05) is 20.3 Å². The Kier molecular flexibility index (Phi) is 7.75. The highest BCUT2D eigenvalue weighted by Gasteiger charge is 2.05. The zero-order valence-corrected chi connectivity index (χ0v) is 9.52. The molecule has 0 unspecified atom stereocenters. The minimum Gasteiger partial charge on any atom is -0.463 e. The quantitative estimate of drug-likeness (QED) is 0.297. The summed E-state index contributed by atoms with van der Waals surface area (Å²) in [7, 11) is 0. The molecule has 5 nitrogen and oxygen atoms in total. The van der Waals surface area contributed by atoms with Crippen molar-refractivity contribution < 1.29 is 23.9 Å². The van der Waals surface area contributed by atoms with Crippen LogP contribution in [0.4, 0.5) is 0 Å². The molecule has 0 radical (unpaired) electrons. The number of esters is 3. The summed E-state index contributed by atoms with van der Waals surface area (Å²) >= 11 is 0. The van der Waals surface area contributed by atoms with Gasteiger partial charge in [-0.15, -0.1) is 0 Å². The van der Waals surface area contributed by atoms with Crippen molar-refractivity contribution in [3.05, 3.63) is 12.2 Å². The van der Waals surface area contributed by atoms with Gasteiger partial charge in [0.25, 0.3) is 0 Å². The molecule has 0 saturated carbocycles. The molecule has 0 atom stereocenters. The van der Waals surface area contributed by atoms with E-state index in [4.69, 9.17) is 4.74 Å². The smallest absolute Gasteiger partial charge is 0.338 e. The lowest BCUT2D eigenvalue weighted by atomic mass is 10.4. The Morgan fingerprint density at radius 1 is 1.06 bits per heavy atom. The number of hydrogen-bond acceptors (Lipinski definition) is 5. The molecular weight excluding hydrogens is 212 g/mol. The third kappa shape index (κ3) is 7.73. The van der Waals surface area contributed by atoms with Gasteiger partial charge in [-0.25, -0.2) is 9.59 Å². The summed E-state index contributed by atoms with van der Waals surface area (Å²) in [4.78, 5) is 32.6. The highest BCUT2D eigenvalue weighted by Crippen LogP contribution is 1.91. The van der Waals surface area contributed by atoms with E-state index in [2.05, 4.69) is 4.74 Å². The molecule has 0 aliphatic carbocycles. The molecule has 0 saturated heterocycles. The number of ether oxygens (including phenoxy) is 2. The molecule has 16 heavy (non-hydrogen) atoms. The van der Waals surface area contributed by atoms with Crippen LogP contribution in [0.5, 0.6) is 0 Å². The highest BCUT2D eigenvalue weighted by atomic mass is 16.6. The first kappa shape index (κ1) is 14.3. The topological polar surface area (TPSA) is 69.7 Å². The van der Waals surface area contributed by atoms with Crippen molar-refractivity contribution in [2.75, 3.05) is 6.61 Å². The second-order valence-corrected chi connectivity index (χ2v) is 3.00. The molecule has 0 aromatic heterocycles. The summed E-state index contributed by atoms with van der Waals surface area (Å²) < 4.78 is 9.05. The lowest BCUT2D eigenvalue weighted by molar-refractivity contribution is -0.156. The molecule has 0 amide bonds. The van der Waals surface area contributed by atoms with E-state index in [0.29, 0.717) is 6.61 Å². The van der Waals surface area contributed by atoms with Crippen LogP contribution in [-0.4, -0.2) is 24.5 Å². The molecule has 90 valence electrons. The maximum atomic E-state index is 11.0. The van der Waals surface area contributed by atoms with Gasteiger partial charge in [-0.3, -0.25) is 4.79 Å². The average Bonchev–Trinajstić information content (AvgIpc) is 2.26. The van der Waals surface area contributed by atoms with E-state index in [1.807, 2.05) is 6.92 Å². The average molecular weight is 228 g/mol. The molecule has 0 aliphatic heterocycles. The van der Waals surface area contributed by atoms with Crippen LogP contribution in [0.15, 0.2) is 12.2 Å². The molecule has 0 rings (SSSR count). The predicted octanol–water partition coefficient (Wildman–Crippen LogP) is 1.37. The SMILES string of the molecule is CCCCOC(=O)/C=C/C(=O)OC(=O)CC. The van der Waals surface area contributed by atoms with E-state index in [1.54, 1.807) is 6.92 Å². The van der Waals surface area contributed by atoms with Crippen LogP contribution in [0.1, 0.15) is 33.1 Å². The van der Waals surface area contributed by atoms with Gasteiger partial charge >= 0.3 is 17.9 Å². The number of rotatable bonds is 6. The first-order valence-corrected chi connectivity index (χ1v) is 5.19. The van der Waals surface area contributed by atoms with Gasteiger partial charge in [0.05, 0.1) is 6.61 Å². The Bertz CT molecular complexity index is 280. The Morgan fingerprint density at radius 3 is 2.25 bits per heavy atom. The van der Waals surface area contributed by atoms with Gasteiger partial charge in [0.2, 0.25) is 0 Å². The number of carbonyl (C=O) groups excluding carboxylic acids is 3. The van der Waals surface area contributed by atoms with E-state index < -0.39 is 17.9 Å². The van der Waals surface area contributed by atoms with Crippen molar-refractivity contribution in [2.24, 2.45) is 0 Å². The van der Waals surface area contributed by atoms with E-state index in [9.17, 15) is 14.4 Å². The van der Waals surface area contributed by atoms with Crippen LogP contribution < -0.4 is 0 Å². The molecular formula is C11H16O5. The molecule has 5 heteroatoms. The minimum atomic E-state index is -0.862. The molecule has 0 aromatic carbocycles. The standard InChI is InChI=1S/C11H16O5/c1-3-5-8-15-10(13)6-7-11(14)16-9(12)4-2/h6-7H,3-5,8H2,1-2H3/b7-6+. The maximum absolute atomic E-state index is 11.0. The van der Waals surface area contributed by atoms with Gasteiger partial charge < -0.3 is 9.47 Å². The largest absolute Gasteiger partial charge is 0.463 e. The third-order valence-corrected chi connectivity index (χ3v) is 1.60. The zero-order valence-electron chi connectivity index (χ0n) is 9.52. The van der Waals surface area contributed by atoms with Crippen molar-refractivity contribution in [2.45, 2.75) is 33.1 Å². The van der Waals surface area contributed by atoms with Crippen LogP contribution in [0.3, 0.4) is 0 Å². The number of unbranched alkanes of at least 4 members (excludes halogenated alkanes) is 1. The number of hydrogen-bond donors (Lipinski definition) is 0. The summed E-state index contributed by atoms with van der Waals surface area (Å²) in [6.45, 7) is 3.86. The fourth-order valence-electron chi connectivity index (χ4n) is 0.720. The molecule has 0 fully saturated rings. The molecule has 0 heterocycles. The second-order valence-electron chi connectivity index (χ2n) is 3.00. The van der Waals surface area contributed by atoms with Gasteiger partial charge in [-0.05, 0) is 6.42 Å².